The monoisotopic (exact) mass is 456 g/mol. The molecule has 0 spiro atoms. The third-order valence-electron chi connectivity index (χ3n) is 5.06. The lowest BCUT2D eigenvalue weighted by Crippen LogP contribution is -2.36. The van der Waals surface area contributed by atoms with Crippen LogP contribution in [0.3, 0.4) is 0 Å². The summed E-state index contributed by atoms with van der Waals surface area (Å²) in [7, 11) is -0.973. The van der Waals surface area contributed by atoms with Crippen molar-refractivity contribution in [2.45, 2.75) is 4.90 Å². The van der Waals surface area contributed by atoms with Crippen molar-refractivity contribution in [2.75, 3.05) is 50.1 Å². The summed E-state index contributed by atoms with van der Waals surface area (Å²) in [5.74, 6) is 1.49. The van der Waals surface area contributed by atoms with Crippen LogP contribution in [0.4, 0.5) is 11.5 Å². The normalized spacial score (nSPS) is 14.1. The van der Waals surface area contributed by atoms with Crippen LogP contribution in [0.1, 0.15) is 0 Å². The maximum Gasteiger partial charge on any atom is 0.265 e. The molecule has 0 radical (unpaired) electrons. The lowest BCUT2D eigenvalue weighted by Gasteiger charge is -2.27. The molecule has 0 amide bonds. The van der Waals surface area contributed by atoms with E-state index in [0.717, 1.165) is 24.5 Å². The quantitative estimate of drug-likeness (QED) is 0.579. The largest absolute Gasteiger partial charge is 0.497 e. The number of rotatable bonds is 7. The highest BCUT2D eigenvalue weighted by atomic mass is 32.2. The van der Waals surface area contributed by atoms with Crippen LogP contribution in [0.2, 0.25) is 0 Å². The zero-order chi connectivity index (χ0) is 22.6. The maximum atomic E-state index is 13.0. The minimum Gasteiger partial charge on any atom is -0.497 e. The van der Waals surface area contributed by atoms with Crippen LogP contribution in [0.5, 0.6) is 11.5 Å². The fourth-order valence-electron chi connectivity index (χ4n) is 3.39. The van der Waals surface area contributed by atoms with Crippen molar-refractivity contribution >= 4 is 21.5 Å². The van der Waals surface area contributed by atoms with Crippen LogP contribution in [-0.2, 0) is 14.8 Å². The number of morpholine rings is 1. The number of nitrogens with zero attached hydrogens (tertiary/aromatic N) is 3. The molecule has 0 aliphatic carbocycles. The Morgan fingerprint density at radius 2 is 1.78 bits per heavy atom. The van der Waals surface area contributed by atoms with Crippen LogP contribution in [-0.4, -0.2) is 59.1 Å². The van der Waals surface area contributed by atoms with Crippen molar-refractivity contribution in [3.63, 3.8) is 0 Å². The molecule has 0 atom stereocenters. The van der Waals surface area contributed by atoms with E-state index in [4.69, 9.17) is 14.2 Å². The Balaban J connectivity index is 1.55. The fourth-order valence-corrected chi connectivity index (χ4v) is 4.59. The fraction of sp³-hybridized carbons (Fsp3) is 0.273. The molecule has 168 valence electrons. The molecule has 10 heteroatoms. The minimum atomic E-state index is -3.89. The van der Waals surface area contributed by atoms with Gasteiger partial charge in [0.1, 0.15) is 16.4 Å². The summed E-state index contributed by atoms with van der Waals surface area (Å²) in [6.07, 6.45) is 0. The van der Waals surface area contributed by atoms with Crippen molar-refractivity contribution < 1.29 is 22.6 Å². The molecule has 4 rings (SSSR count). The predicted octanol–water partition coefficient (Wildman–Crippen LogP) is 2.80. The Morgan fingerprint density at radius 3 is 2.47 bits per heavy atom. The van der Waals surface area contributed by atoms with Crippen LogP contribution in [0, 0.1) is 0 Å². The Labute approximate surface area is 187 Å². The van der Waals surface area contributed by atoms with E-state index in [2.05, 4.69) is 19.8 Å². The van der Waals surface area contributed by atoms with Crippen LogP contribution < -0.4 is 19.1 Å². The minimum absolute atomic E-state index is 0.0147. The van der Waals surface area contributed by atoms with Gasteiger partial charge in [0.25, 0.3) is 10.0 Å². The van der Waals surface area contributed by atoms with E-state index < -0.39 is 10.0 Å². The Bertz CT molecular complexity index is 1180. The van der Waals surface area contributed by atoms with Crippen molar-refractivity contribution in [3.8, 4) is 22.8 Å². The molecular weight excluding hydrogens is 432 g/mol. The topological polar surface area (TPSA) is 103 Å². The van der Waals surface area contributed by atoms with Gasteiger partial charge in [0.15, 0.2) is 5.82 Å². The lowest BCUT2D eigenvalue weighted by atomic mass is 10.1. The highest BCUT2D eigenvalue weighted by Crippen LogP contribution is 2.30. The molecule has 0 saturated carbocycles. The average molecular weight is 457 g/mol. The molecular formula is C22H24N4O5S. The zero-order valence-electron chi connectivity index (χ0n) is 17.8. The Kier molecular flexibility index (Phi) is 6.42. The van der Waals surface area contributed by atoms with Crippen molar-refractivity contribution in [1.29, 1.82) is 0 Å². The van der Waals surface area contributed by atoms with E-state index in [1.807, 2.05) is 18.2 Å². The van der Waals surface area contributed by atoms with Gasteiger partial charge in [-0.3, -0.25) is 4.72 Å². The lowest BCUT2D eigenvalue weighted by molar-refractivity contribution is 0.122. The first kappa shape index (κ1) is 21.8. The molecule has 1 N–H and O–H groups in total. The molecule has 1 aliphatic heterocycles. The summed E-state index contributed by atoms with van der Waals surface area (Å²) in [6, 6.07) is 15.3. The van der Waals surface area contributed by atoms with Crippen LogP contribution >= 0.6 is 0 Å². The van der Waals surface area contributed by atoms with E-state index in [1.165, 1.54) is 26.4 Å². The molecule has 2 heterocycles. The second-order valence-corrected chi connectivity index (χ2v) is 8.73. The number of hydrogen-bond donors (Lipinski definition) is 1. The number of benzene rings is 2. The second kappa shape index (κ2) is 9.41. The van der Waals surface area contributed by atoms with Crippen molar-refractivity contribution in [3.05, 3.63) is 54.6 Å². The van der Waals surface area contributed by atoms with E-state index in [0.29, 0.717) is 30.3 Å². The number of ether oxygens (including phenoxy) is 3. The molecule has 0 bridgehead atoms. The number of aromatic nitrogens is 2. The first-order valence-electron chi connectivity index (χ1n) is 10.0. The molecule has 1 aliphatic rings. The summed E-state index contributed by atoms with van der Waals surface area (Å²) < 4.78 is 44.3. The molecule has 1 fully saturated rings. The third kappa shape index (κ3) is 4.76. The summed E-state index contributed by atoms with van der Waals surface area (Å²) >= 11 is 0. The van der Waals surface area contributed by atoms with Crippen LogP contribution in [0.15, 0.2) is 59.5 Å². The van der Waals surface area contributed by atoms with E-state index >= 15 is 0 Å². The molecule has 9 nitrogen and oxygen atoms in total. The third-order valence-corrected chi connectivity index (χ3v) is 6.48. The van der Waals surface area contributed by atoms with Gasteiger partial charge < -0.3 is 19.1 Å². The summed E-state index contributed by atoms with van der Waals surface area (Å²) in [6.45, 7) is 2.90. The molecule has 1 aromatic heterocycles. The summed E-state index contributed by atoms with van der Waals surface area (Å²) in [5.41, 5.74) is 1.79. The van der Waals surface area contributed by atoms with Gasteiger partial charge in [-0.15, -0.1) is 10.2 Å². The molecule has 32 heavy (non-hydrogen) atoms. The Hall–Kier alpha value is -3.37. The summed E-state index contributed by atoms with van der Waals surface area (Å²) in [5, 5.41) is 8.65. The van der Waals surface area contributed by atoms with Gasteiger partial charge in [0, 0.05) is 30.4 Å². The first-order chi connectivity index (χ1) is 15.5. The van der Waals surface area contributed by atoms with Crippen LogP contribution in [0.25, 0.3) is 11.3 Å². The number of methoxy groups -OCH3 is 2. The van der Waals surface area contributed by atoms with Gasteiger partial charge in [-0.25, -0.2) is 8.42 Å². The average Bonchev–Trinajstić information content (AvgIpc) is 2.84. The Morgan fingerprint density at radius 1 is 0.969 bits per heavy atom. The smallest absolute Gasteiger partial charge is 0.265 e. The van der Waals surface area contributed by atoms with Gasteiger partial charge in [-0.2, -0.15) is 0 Å². The zero-order valence-corrected chi connectivity index (χ0v) is 18.6. The maximum absolute atomic E-state index is 13.0. The highest BCUT2D eigenvalue weighted by molar-refractivity contribution is 7.92. The number of nitrogens with one attached hydrogen (secondary N) is 1. The summed E-state index contributed by atoms with van der Waals surface area (Å²) in [4.78, 5) is 2.13. The molecule has 1 saturated heterocycles. The molecule has 3 aromatic rings. The first-order valence-corrected chi connectivity index (χ1v) is 11.5. The highest BCUT2D eigenvalue weighted by Gasteiger charge is 2.21. The SMILES string of the molecule is COc1ccc(S(=O)(=O)Nc2cccc(-c3ccc(N4CCOCC4)nn3)c2)c(OC)c1. The van der Waals surface area contributed by atoms with E-state index in [9.17, 15) is 8.42 Å². The number of anilines is 2. The van der Waals surface area contributed by atoms with Gasteiger partial charge in [-0.1, -0.05) is 12.1 Å². The predicted molar refractivity (Wildman–Crippen MR) is 121 cm³/mol. The number of sulfonamides is 1. The van der Waals surface area contributed by atoms with Gasteiger partial charge in [0.05, 0.1) is 33.1 Å². The van der Waals surface area contributed by atoms with Gasteiger partial charge in [0.2, 0.25) is 0 Å². The van der Waals surface area contributed by atoms with E-state index in [1.54, 1.807) is 24.3 Å². The van der Waals surface area contributed by atoms with Gasteiger partial charge >= 0.3 is 0 Å². The standard InChI is InChI=1S/C22H24N4O5S/c1-29-18-6-8-21(20(15-18)30-2)32(27,28)25-17-5-3-4-16(14-17)19-7-9-22(24-23-19)26-10-12-31-13-11-26/h3-9,14-15,25H,10-13H2,1-2H3. The van der Waals surface area contributed by atoms with Crippen molar-refractivity contribution in [2.24, 2.45) is 0 Å². The second-order valence-electron chi connectivity index (χ2n) is 7.08. The number of hydrogen-bond acceptors (Lipinski definition) is 8. The molecule has 2 aromatic carbocycles. The van der Waals surface area contributed by atoms with Gasteiger partial charge in [-0.05, 0) is 36.4 Å². The van der Waals surface area contributed by atoms with Crippen molar-refractivity contribution in [1.82, 2.24) is 10.2 Å². The molecule has 0 unspecified atom stereocenters. The van der Waals surface area contributed by atoms with E-state index in [-0.39, 0.29) is 10.6 Å².